The van der Waals surface area contributed by atoms with Crippen molar-refractivity contribution in [2.75, 3.05) is 14.2 Å². The van der Waals surface area contributed by atoms with E-state index in [1.165, 1.54) is 21.9 Å². The first-order valence-corrected chi connectivity index (χ1v) is 7.42. The van der Waals surface area contributed by atoms with Crippen LogP contribution in [0.15, 0.2) is 24.3 Å². The van der Waals surface area contributed by atoms with Crippen molar-refractivity contribution in [3.8, 4) is 11.5 Å². The molecule has 2 rings (SSSR count). The van der Waals surface area contributed by atoms with Crippen molar-refractivity contribution in [3.63, 3.8) is 0 Å². The van der Waals surface area contributed by atoms with E-state index in [0.717, 1.165) is 37.2 Å². The van der Waals surface area contributed by atoms with Crippen LogP contribution in [0.4, 0.5) is 0 Å². The van der Waals surface area contributed by atoms with Gasteiger partial charge in [-0.2, -0.15) is 0 Å². The van der Waals surface area contributed by atoms with Gasteiger partial charge in [0.15, 0.2) is 0 Å². The van der Waals surface area contributed by atoms with E-state index in [1.807, 2.05) is 0 Å². The number of methoxy groups -OCH3 is 2. The minimum absolute atomic E-state index is 0.991. The fourth-order valence-corrected chi connectivity index (χ4v) is 2.91. The summed E-state index contributed by atoms with van der Waals surface area (Å²) in [6.07, 6.45) is 4.28. The lowest BCUT2D eigenvalue weighted by Crippen LogP contribution is -1.99. The zero-order valence-corrected chi connectivity index (χ0v) is 13.0. The summed E-state index contributed by atoms with van der Waals surface area (Å²) in [6, 6.07) is 8.45. The van der Waals surface area contributed by atoms with Crippen molar-refractivity contribution in [2.24, 2.45) is 0 Å². The molecule has 108 valence electrons. The molecule has 2 aromatic rings. The van der Waals surface area contributed by atoms with Crippen molar-refractivity contribution in [1.82, 2.24) is 0 Å². The molecule has 0 aliphatic heterocycles. The van der Waals surface area contributed by atoms with Gasteiger partial charge in [0, 0.05) is 11.1 Å². The Morgan fingerprint density at radius 1 is 0.750 bits per heavy atom. The zero-order valence-electron chi connectivity index (χ0n) is 13.0. The number of rotatable bonds is 6. The van der Waals surface area contributed by atoms with E-state index in [0.29, 0.717) is 0 Å². The largest absolute Gasteiger partial charge is 0.496 e. The summed E-state index contributed by atoms with van der Waals surface area (Å²) in [7, 11) is 3.50. The van der Waals surface area contributed by atoms with Gasteiger partial charge in [0.2, 0.25) is 0 Å². The summed E-state index contributed by atoms with van der Waals surface area (Å²) in [5.74, 6) is 1.98. The first-order valence-electron chi connectivity index (χ1n) is 7.42. The van der Waals surface area contributed by atoms with Crippen molar-refractivity contribution >= 4 is 10.8 Å². The predicted molar refractivity (Wildman–Crippen MR) is 85.0 cm³/mol. The first kappa shape index (κ1) is 14.7. The van der Waals surface area contributed by atoms with Gasteiger partial charge in [-0.25, -0.2) is 0 Å². The number of hydrogen-bond acceptors (Lipinski definition) is 2. The molecule has 0 aliphatic carbocycles. The maximum absolute atomic E-state index is 5.57. The molecule has 0 aromatic heterocycles. The second-order valence-electron chi connectivity index (χ2n) is 5.09. The van der Waals surface area contributed by atoms with E-state index in [1.54, 1.807) is 14.2 Å². The van der Waals surface area contributed by atoms with E-state index in [9.17, 15) is 0 Å². The topological polar surface area (TPSA) is 18.5 Å². The fourth-order valence-electron chi connectivity index (χ4n) is 2.91. The molecule has 0 atom stereocenters. The third-order valence-electron chi connectivity index (χ3n) is 3.76. The lowest BCUT2D eigenvalue weighted by Gasteiger charge is -2.17. The standard InChI is InChI=1S/C18H24O2/c1-5-7-14-16(19-3)11-9-13-10-12-17(20-4)15(8-6-2)18(13)14/h9-12H,5-8H2,1-4H3. The third kappa shape index (κ3) is 2.60. The molecular weight excluding hydrogens is 248 g/mol. The lowest BCUT2D eigenvalue weighted by atomic mass is 9.93. The Hall–Kier alpha value is -1.70. The lowest BCUT2D eigenvalue weighted by molar-refractivity contribution is 0.408. The summed E-state index contributed by atoms with van der Waals surface area (Å²) in [5.41, 5.74) is 2.63. The third-order valence-corrected chi connectivity index (χ3v) is 3.76. The van der Waals surface area contributed by atoms with Crippen molar-refractivity contribution in [3.05, 3.63) is 35.4 Å². The van der Waals surface area contributed by atoms with E-state index >= 15 is 0 Å². The summed E-state index contributed by atoms with van der Waals surface area (Å²) in [5, 5.41) is 2.60. The van der Waals surface area contributed by atoms with Gasteiger partial charge in [0.1, 0.15) is 11.5 Å². The Morgan fingerprint density at radius 3 is 1.55 bits per heavy atom. The molecule has 0 saturated heterocycles. The molecule has 0 amide bonds. The molecule has 0 saturated carbocycles. The molecule has 2 heteroatoms. The highest BCUT2D eigenvalue weighted by Gasteiger charge is 2.14. The van der Waals surface area contributed by atoms with Gasteiger partial charge in [-0.15, -0.1) is 0 Å². The number of benzene rings is 2. The molecule has 0 N–H and O–H groups in total. The van der Waals surface area contributed by atoms with Crippen molar-refractivity contribution in [1.29, 1.82) is 0 Å². The van der Waals surface area contributed by atoms with Gasteiger partial charge in [-0.3, -0.25) is 0 Å². The highest BCUT2D eigenvalue weighted by molar-refractivity contribution is 5.92. The van der Waals surface area contributed by atoms with Gasteiger partial charge < -0.3 is 9.47 Å². The summed E-state index contributed by atoms with van der Waals surface area (Å²) in [4.78, 5) is 0. The SMILES string of the molecule is CCCc1c(OC)ccc2ccc(OC)c(CCC)c12. The highest BCUT2D eigenvalue weighted by atomic mass is 16.5. The van der Waals surface area contributed by atoms with Gasteiger partial charge in [-0.1, -0.05) is 38.8 Å². The van der Waals surface area contributed by atoms with Crippen LogP contribution in [-0.4, -0.2) is 14.2 Å². The van der Waals surface area contributed by atoms with Crippen LogP contribution < -0.4 is 9.47 Å². The molecule has 2 nitrogen and oxygen atoms in total. The molecular formula is C18H24O2. The monoisotopic (exact) mass is 272 g/mol. The average Bonchev–Trinajstić information content (AvgIpc) is 2.48. The number of hydrogen-bond donors (Lipinski definition) is 0. The minimum Gasteiger partial charge on any atom is -0.496 e. The van der Waals surface area contributed by atoms with Crippen LogP contribution in [-0.2, 0) is 12.8 Å². The van der Waals surface area contributed by atoms with Crippen LogP contribution in [0.2, 0.25) is 0 Å². The zero-order chi connectivity index (χ0) is 14.5. The quantitative estimate of drug-likeness (QED) is 0.754. The van der Waals surface area contributed by atoms with Crippen LogP contribution >= 0.6 is 0 Å². The van der Waals surface area contributed by atoms with Gasteiger partial charge in [0.25, 0.3) is 0 Å². The van der Waals surface area contributed by atoms with Crippen LogP contribution in [0, 0.1) is 0 Å². The van der Waals surface area contributed by atoms with Gasteiger partial charge in [0.05, 0.1) is 14.2 Å². The van der Waals surface area contributed by atoms with E-state index < -0.39 is 0 Å². The maximum Gasteiger partial charge on any atom is 0.122 e. The minimum atomic E-state index is 0.991. The Morgan fingerprint density at radius 2 is 1.20 bits per heavy atom. The molecule has 20 heavy (non-hydrogen) atoms. The molecule has 0 unspecified atom stereocenters. The fraction of sp³-hybridized carbons (Fsp3) is 0.444. The molecule has 0 bridgehead atoms. The Labute approximate surface area is 121 Å². The molecule has 0 spiro atoms. The van der Waals surface area contributed by atoms with Gasteiger partial charge >= 0.3 is 0 Å². The van der Waals surface area contributed by atoms with E-state index in [-0.39, 0.29) is 0 Å². The molecule has 0 radical (unpaired) electrons. The number of fused-ring (bicyclic) bond motifs is 1. The van der Waals surface area contributed by atoms with Crippen LogP contribution in [0.3, 0.4) is 0 Å². The summed E-state index contributed by atoms with van der Waals surface area (Å²) >= 11 is 0. The van der Waals surface area contributed by atoms with Crippen LogP contribution in [0.25, 0.3) is 10.8 Å². The molecule has 0 aliphatic rings. The Bertz CT molecular complexity index is 539. The molecule has 2 aromatic carbocycles. The summed E-state index contributed by atoms with van der Waals surface area (Å²) in [6.45, 7) is 4.41. The normalized spacial score (nSPS) is 10.8. The Kier molecular flexibility index (Phi) is 4.89. The smallest absolute Gasteiger partial charge is 0.122 e. The Balaban J connectivity index is 2.79. The van der Waals surface area contributed by atoms with Crippen LogP contribution in [0.1, 0.15) is 37.8 Å². The van der Waals surface area contributed by atoms with Gasteiger partial charge in [-0.05, 0) is 35.7 Å². The second kappa shape index (κ2) is 6.65. The average molecular weight is 272 g/mol. The summed E-state index contributed by atoms with van der Waals surface area (Å²) < 4.78 is 11.1. The maximum atomic E-state index is 5.57. The number of aryl methyl sites for hydroxylation is 2. The van der Waals surface area contributed by atoms with E-state index in [2.05, 4.69) is 38.1 Å². The van der Waals surface area contributed by atoms with Crippen molar-refractivity contribution in [2.45, 2.75) is 39.5 Å². The first-order chi connectivity index (χ1) is 9.76. The molecule has 0 heterocycles. The number of ether oxygens (including phenoxy) is 2. The predicted octanol–water partition coefficient (Wildman–Crippen LogP) is 4.76. The van der Waals surface area contributed by atoms with Crippen LogP contribution in [0.5, 0.6) is 11.5 Å². The van der Waals surface area contributed by atoms with Crippen molar-refractivity contribution < 1.29 is 9.47 Å². The molecule has 0 fully saturated rings. The second-order valence-corrected chi connectivity index (χ2v) is 5.09. The highest BCUT2D eigenvalue weighted by Crippen LogP contribution is 2.36. The van der Waals surface area contributed by atoms with E-state index in [4.69, 9.17) is 9.47 Å².